The number of benzene rings is 1. The van der Waals surface area contributed by atoms with Crippen molar-refractivity contribution in [1.29, 1.82) is 0 Å². The molecule has 0 aliphatic carbocycles. The number of hydrogen-bond donors (Lipinski definition) is 0. The molecule has 25 heavy (non-hydrogen) atoms. The standard InChI is InChI=1S/C17H16ClN3O3S/c18-13-2-1-3-14(12-13)19-8-10-20(11-9-19)16(22)6-4-15-5-7-17(25-15)21(23)24/h1-7,12H,8-11H2/b6-4+. The van der Waals surface area contributed by atoms with Crippen LogP contribution in [0.15, 0.2) is 42.5 Å². The molecule has 2 aromatic rings. The number of carbonyl (C=O) groups is 1. The Balaban J connectivity index is 1.56. The van der Waals surface area contributed by atoms with Crippen LogP contribution in [-0.4, -0.2) is 41.9 Å². The Morgan fingerprint density at radius 1 is 1.20 bits per heavy atom. The van der Waals surface area contributed by atoms with Gasteiger partial charge in [-0.05, 0) is 30.3 Å². The zero-order valence-electron chi connectivity index (χ0n) is 13.3. The van der Waals surface area contributed by atoms with Crippen LogP contribution in [0.3, 0.4) is 0 Å². The highest BCUT2D eigenvalue weighted by Crippen LogP contribution is 2.25. The van der Waals surface area contributed by atoms with Gasteiger partial charge in [0.25, 0.3) is 0 Å². The lowest BCUT2D eigenvalue weighted by atomic mass is 10.2. The third-order valence-electron chi connectivity index (χ3n) is 3.95. The molecule has 8 heteroatoms. The van der Waals surface area contributed by atoms with Gasteiger partial charge in [0.1, 0.15) is 0 Å². The first kappa shape index (κ1) is 17.4. The summed E-state index contributed by atoms with van der Waals surface area (Å²) >= 11 is 7.07. The van der Waals surface area contributed by atoms with Crippen LogP contribution in [0, 0.1) is 10.1 Å². The van der Waals surface area contributed by atoms with Crippen molar-refractivity contribution in [3.63, 3.8) is 0 Å². The van der Waals surface area contributed by atoms with E-state index in [-0.39, 0.29) is 10.9 Å². The van der Waals surface area contributed by atoms with Gasteiger partial charge in [0.15, 0.2) is 0 Å². The number of anilines is 1. The van der Waals surface area contributed by atoms with Crippen LogP contribution in [0.4, 0.5) is 10.7 Å². The number of nitrogens with zero attached hydrogens (tertiary/aromatic N) is 3. The van der Waals surface area contributed by atoms with Gasteiger partial charge in [0.2, 0.25) is 5.91 Å². The fourth-order valence-corrected chi connectivity index (χ4v) is 3.56. The van der Waals surface area contributed by atoms with Gasteiger partial charge in [-0.1, -0.05) is 29.0 Å². The maximum absolute atomic E-state index is 12.3. The Kier molecular flexibility index (Phi) is 5.35. The summed E-state index contributed by atoms with van der Waals surface area (Å²) in [5.74, 6) is -0.0817. The van der Waals surface area contributed by atoms with Crippen LogP contribution in [-0.2, 0) is 4.79 Å². The third-order valence-corrected chi connectivity index (χ3v) is 5.18. The molecule has 0 radical (unpaired) electrons. The summed E-state index contributed by atoms with van der Waals surface area (Å²) in [6.07, 6.45) is 3.11. The summed E-state index contributed by atoms with van der Waals surface area (Å²) in [4.78, 5) is 27.2. The smallest absolute Gasteiger partial charge is 0.324 e. The molecule has 1 saturated heterocycles. The van der Waals surface area contributed by atoms with Crippen molar-refractivity contribution in [3.05, 3.63) is 62.5 Å². The van der Waals surface area contributed by atoms with Gasteiger partial charge in [-0.3, -0.25) is 14.9 Å². The lowest BCUT2D eigenvalue weighted by Gasteiger charge is -2.35. The molecule has 1 fully saturated rings. The van der Waals surface area contributed by atoms with Gasteiger partial charge >= 0.3 is 5.00 Å². The maximum Gasteiger partial charge on any atom is 0.324 e. The molecule has 6 nitrogen and oxygen atoms in total. The predicted molar refractivity (Wildman–Crippen MR) is 100 cm³/mol. The number of carbonyl (C=O) groups excluding carboxylic acids is 1. The minimum Gasteiger partial charge on any atom is -0.368 e. The Morgan fingerprint density at radius 2 is 1.96 bits per heavy atom. The molecule has 0 N–H and O–H groups in total. The van der Waals surface area contributed by atoms with Crippen molar-refractivity contribution in [3.8, 4) is 0 Å². The summed E-state index contributed by atoms with van der Waals surface area (Å²) in [5.41, 5.74) is 1.06. The molecule has 1 aliphatic heterocycles. The molecule has 0 bridgehead atoms. The van der Waals surface area contributed by atoms with Gasteiger partial charge in [-0.15, -0.1) is 0 Å². The molecule has 3 rings (SSSR count). The lowest BCUT2D eigenvalue weighted by Crippen LogP contribution is -2.48. The summed E-state index contributed by atoms with van der Waals surface area (Å²) in [6.45, 7) is 2.73. The molecule has 1 aromatic carbocycles. The minimum atomic E-state index is -0.432. The quantitative estimate of drug-likeness (QED) is 0.463. The average Bonchev–Trinajstić information content (AvgIpc) is 3.09. The SMILES string of the molecule is O=C(/C=C/c1ccc([N+](=O)[O-])s1)N1CCN(c2cccc(Cl)c2)CC1. The number of hydrogen-bond acceptors (Lipinski definition) is 5. The Labute approximate surface area is 154 Å². The van der Waals surface area contributed by atoms with Crippen molar-refractivity contribution in [1.82, 2.24) is 4.90 Å². The molecule has 0 spiro atoms. The molecular weight excluding hydrogens is 362 g/mol. The fraction of sp³-hybridized carbons (Fsp3) is 0.235. The lowest BCUT2D eigenvalue weighted by molar-refractivity contribution is -0.380. The summed E-state index contributed by atoms with van der Waals surface area (Å²) < 4.78 is 0. The first-order valence-electron chi connectivity index (χ1n) is 7.74. The minimum absolute atomic E-state index is 0.0715. The van der Waals surface area contributed by atoms with Crippen LogP contribution in [0.25, 0.3) is 6.08 Å². The number of piperazine rings is 1. The second-order valence-corrected chi connectivity index (χ2v) is 7.09. The van der Waals surface area contributed by atoms with E-state index in [1.54, 1.807) is 17.0 Å². The van der Waals surface area contributed by atoms with Gasteiger partial charge in [-0.25, -0.2) is 0 Å². The van der Waals surface area contributed by atoms with E-state index in [2.05, 4.69) is 4.90 Å². The van der Waals surface area contributed by atoms with Crippen LogP contribution in [0.5, 0.6) is 0 Å². The van der Waals surface area contributed by atoms with E-state index in [0.717, 1.165) is 30.1 Å². The molecule has 2 heterocycles. The highest BCUT2D eigenvalue weighted by atomic mass is 35.5. The molecule has 1 aromatic heterocycles. The molecular formula is C17H16ClN3O3S. The zero-order valence-corrected chi connectivity index (χ0v) is 14.9. The van der Waals surface area contributed by atoms with Crippen molar-refractivity contribution in [2.24, 2.45) is 0 Å². The maximum atomic E-state index is 12.3. The van der Waals surface area contributed by atoms with E-state index < -0.39 is 4.92 Å². The van der Waals surface area contributed by atoms with Gasteiger partial charge in [0, 0.05) is 53.9 Å². The number of halogens is 1. The second-order valence-electron chi connectivity index (χ2n) is 5.56. The Bertz CT molecular complexity index is 813. The third kappa shape index (κ3) is 4.37. The molecule has 1 aliphatic rings. The number of amides is 1. The Morgan fingerprint density at radius 3 is 2.60 bits per heavy atom. The summed E-state index contributed by atoms with van der Waals surface area (Å²) in [6, 6.07) is 10.8. The van der Waals surface area contributed by atoms with E-state index >= 15 is 0 Å². The van der Waals surface area contributed by atoms with Crippen molar-refractivity contribution in [2.45, 2.75) is 0 Å². The van der Waals surface area contributed by atoms with E-state index in [1.165, 1.54) is 12.1 Å². The second kappa shape index (κ2) is 7.67. The van der Waals surface area contributed by atoms with E-state index in [4.69, 9.17) is 11.6 Å². The number of thiophene rings is 1. The van der Waals surface area contributed by atoms with E-state index in [1.807, 2.05) is 24.3 Å². The van der Waals surface area contributed by atoms with Crippen LogP contribution in [0.1, 0.15) is 4.88 Å². The predicted octanol–water partition coefficient (Wildman–Crippen LogP) is 3.67. The summed E-state index contributed by atoms with van der Waals surface area (Å²) in [5, 5.41) is 11.4. The van der Waals surface area contributed by atoms with Crippen molar-refractivity contribution >= 4 is 45.6 Å². The molecule has 1 amide bonds. The van der Waals surface area contributed by atoms with Crippen molar-refractivity contribution in [2.75, 3.05) is 31.1 Å². The zero-order chi connectivity index (χ0) is 17.8. The normalized spacial score (nSPS) is 14.9. The highest BCUT2D eigenvalue weighted by Gasteiger charge is 2.20. The monoisotopic (exact) mass is 377 g/mol. The summed E-state index contributed by atoms with van der Waals surface area (Å²) in [7, 11) is 0. The molecule has 0 saturated carbocycles. The molecule has 130 valence electrons. The average molecular weight is 378 g/mol. The first-order chi connectivity index (χ1) is 12.0. The van der Waals surface area contributed by atoms with E-state index in [0.29, 0.717) is 23.0 Å². The van der Waals surface area contributed by atoms with Gasteiger partial charge in [0.05, 0.1) is 4.92 Å². The van der Waals surface area contributed by atoms with Crippen molar-refractivity contribution < 1.29 is 9.72 Å². The van der Waals surface area contributed by atoms with Crippen LogP contribution >= 0.6 is 22.9 Å². The number of nitro groups is 1. The topological polar surface area (TPSA) is 66.7 Å². The fourth-order valence-electron chi connectivity index (χ4n) is 2.65. The highest BCUT2D eigenvalue weighted by molar-refractivity contribution is 7.16. The molecule has 0 unspecified atom stereocenters. The van der Waals surface area contributed by atoms with Crippen LogP contribution < -0.4 is 4.90 Å². The first-order valence-corrected chi connectivity index (χ1v) is 8.94. The van der Waals surface area contributed by atoms with Gasteiger partial charge in [-0.2, -0.15) is 0 Å². The Hall–Kier alpha value is -2.38. The van der Waals surface area contributed by atoms with E-state index in [9.17, 15) is 14.9 Å². The molecule has 0 atom stereocenters. The number of rotatable bonds is 4. The van der Waals surface area contributed by atoms with Gasteiger partial charge < -0.3 is 9.80 Å². The van der Waals surface area contributed by atoms with Crippen LogP contribution in [0.2, 0.25) is 5.02 Å². The largest absolute Gasteiger partial charge is 0.368 e.